The van der Waals surface area contributed by atoms with Gasteiger partial charge in [0.25, 0.3) is 0 Å². The molecule has 0 unspecified atom stereocenters. The van der Waals surface area contributed by atoms with Crippen molar-refractivity contribution < 1.29 is 23.1 Å². The number of rotatable bonds is 3. The third kappa shape index (κ3) is 2.68. The summed E-state index contributed by atoms with van der Waals surface area (Å²) in [5, 5.41) is 8.97. The smallest absolute Gasteiger partial charge is 0.306 e. The highest BCUT2D eigenvalue weighted by molar-refractivity contribution is 7.89. The SMILES string of the molecule is O=C(O)C1CCN(S(=O)(=O)c2ccc3c(c2)COC3)CC1. The summed E-state index contributed by atoms with van der Waals surface area (Å²) >= 11 is 0. The van der Waals surface area contributed by atoms with E-state index in [1.807, 2.05) is 0 Å². The van der Waals surface area contributed by atoms with Crippen LogP contribution >= 0.6 is 0 Å². The summed E-state index contributed by atoms with van der Waals surface area (Å²) in [4.78, 5) is 11.2. The number of nitrogens with zero attached hydrogens (tertiary/aromatic N) is 1. The quantitative estimate of drug-likeness (QED) is 0.907. The fourth-order valence-electron chi connectivity index (χ4n) is 2.80. The first-order valence-corrected chi connectivity index (χ1v) is 8.35. The number of carbonyl (C=O) groups is 1. The lowest BCUT2D eigenvalue weighted by molar-refractivity contribution is -0.142. The molecular formula is C14H17NO5S. The molecule has 2 aliphatic heterocycles. The zero-order chi connectivity index (χ0) is 15.0. The topological polar surface area (TPSA) is 83.9 Å². The van der Waals surface area contributed by atoms with Crippen LogP contribution in [-0.2, 0) is 32.8 Å². The number of sulfonamides is 1. The van der Waals surface area contributed by atoms with E-state index < -0.39 is 21.9 Å². The Morgan fingerprint density at radius 3 is 2.52 bits per heavy atom. The van der Waals surface area contributed by atoms with Crippen LogP contribution in [0, 0.1) is 5.92 Å². The molecule has 0 bridgehead atoms. The molecule has 1 aromatic carbocycles. The van der Waals surface area contributed by atoms with Gasteiger partial charge < -0.3 is 9.84 Å². The van der Waals surface area contributed by atoms with Gasteiger partial charge in [-0.25, -0.2) is 8.42 Å². The van der Waals surface area contributed by atoms with Crippen molar-refractivity contribution in [1.29, 1.82) is 0 Å². The minimum Gasteiger partial charge on any atom is -0.481 e. The van der Waals surface area contributed by atoms with Gasteiger partial charge in [0, 0.05) is 13.1 Å². The zero-order valence-electron chi connectivity index (χ0n) is 11.5. The van der Waals surface area contributed by atoms with Gasteiger partial charge in [0.15, 0.2) is 0 Å². The molecule has 3 rings (SSSR count). The van der Waals surface area contributed by atoms with Crippen LogP contribution in [0.15, 0.2) is 23.1 Å². The Kier molecular flexibility index (Phi) is 3.73. The second-order valence-corrected chi connectivity index (χ2v) is 7.38. The van der Waals surface area contributed by atoms with Gasteiger partial charge in [-0.2, -0.15) is 4.31 Å². The summed E-state index contributed by atoms with van der Waals surface area (Å²) in [6.07, 6.45) is 0.727. The first kappa shape index (κ1) is 14.5. The van der Waals surface area contributed by atoms with Crippen molar-refractivity contribution in [3.63, 3.8) is 0 Å². The van der Waals surface area contributed by atoms with E-state index in [4.69, 9.17) is 9.84 Å². The van der Waals surface area contributed by atoms with Crippen LogP contribution < -0.4 is 0 Å². The Labute approximate surface area is 123 Å². The van der Waals surface area contributed by atoms with E-state index in [0.29, 0.717) is 26.1 Å². The molecule has 1 saturated heterocycles. The van der Waals surface area contributed by atoms with Gasteiger partial charge in [-0.15, -0.1) is 0 Å². The van der Waals surface area contributed by atoms with Gasteiger partial charge in [0.2, 0.25) is 10.0 Å². The van der Waals surface area contributed by atoms with Crippen LogP contribution in [0.25, 0.3) is 0 Å². The van der Waals surface area contributed by atoms with Crippen LogP contribution in [-0.4, -0.2) is 36.9 Å². The maximum absolute atomic E-state index is 12.6. The van der Waals surface area contributed by atoms with Crippen molar-refractivity contribution in [1.82, 2.24) is 4.31 Å². The lowest BCUT2D eigenvalue weighted by Gasteiger charge is -2.29. The Balaban J connectivity index is 1.80. The molecule has 1 fully saturated rings. The van der Waals surface area contributed by atoms with Crippen molar-refractivity contribution in [2.24, 2.45) is 5.92 Å². The largest absolute Gasteiger partial charge is 0.481 e. The Hall–Kier alpha value is -1.44. The number of piperidine rings is 1. The summed E-state index contributed by atoms with van der Waals surface area (Å²) < 4.78 is 31.9. The van der Waals surface area contributed by atoms with Crippen molar-refractivity contribution in [2.45, 2.75) is 31.0 Å². The average molecular weight is 311 g/mol. The molecular weight excluding hydrogens is 294 g/mol. The van der Waals surface area contributed by atoms with Crippen LogP contribution in [0.2, 0.25) is 0 Å². The standard InChI is InChI=1S/C14H17NO5S/c16-14(17)10-3-5-15(6-4-10)21(18,19)13-2-1-11-8-20-9-12(11)7-13/h1-2,7,10H,3-6,8-9H2,(H,16,17). The van der Waals surface area contributed by atoms with Gasteiger partial charge >= 0.3 is 5.97 Å². The third-order valence-electron chi connectivity index (χ3n) is 4.13. The molecule has 0 atom stereocenters. The fraction of sp³-hybridized carbons (Fsp3) is 0.500. The number of carboxylic acid groups (broad SMARTS) is 1. The molecule has 0 spiro atoms. The Morgan fingerprint density at radius 2 is 1.86 bits per heavy atom. The first-order valence-electron chi connectivity index (χ1n) is 6.91. The lowest BCUT2D eigenvalue weighted by atomic mass is 9.99. The molecule has 114 valence electrons. The van der Waals surface area contributed by atoms with Gasteiger partial charge in [-0.3, -0.25) is 4.79 Å². The molecule has 1 aromatic rings. The summed E-state index contributed by atoms with van der Waals surface area (Å²) in [5.41, 5.74) is 1.94. The molecule has 0 amide bonds. The lowest BCUT2D eigenvalue weighted by Crippen LogP contribution is -2.40. The molecule has 0 saturated carbocycles. The van der Waals surface area contributed by atoms with Crippen molar-refractivity contribution in [2.75, 3.05) is 13.1 Å². The molecule has 1 N–H and O–H groups in total. The molecule has 21 heavy (non-hydrogen) atoms. The number of hydrogen-bond donors (Lipinski definition) is 1. The number of hydrogen-bond acceptors (Lipinski definition) is 4. The third-order valence-corrected chi connectivity index (χ3v) is 6.03. The van der Waals surface area contributed by atoms with Crippen LogP contribution in [0.3, 0.4) is 0 Å². The normalized spacial score (nSPS) is 20.4. The maximum Gasteiger partial charge on any atom is 0.306 e. The van der Waals surface area contributed by atoms with E-state index in [9.17, 15) is 13.2 Å². The highest BCUT2D eigenvalue weighted by Crippen LogP contribution is 2.27. The number of aliphatic carboxylic acids is 1. The Bertz CT molecular complexity index is 662. The monoisotopic (exact) mass is 311 g/mol. The molecule has 0 aliphatic carbocycles. The highest BCUT2D eigenvalue weighted by Gasteiger charge is 2.32. The highest BCUT2D eigenvalue weighted by atomic mass is 32.2. The van der Waals surface area contributed by atoms with Crippen molar-refractivity contribution in [3.05, 3.63) is 29.3 Å². The summed E-state index contributed by atoms with van der Waals surface area (Å²) in [6.45, 7) is 1.49. The number of benzene rings is 1. The predicted octanol–water partition coefficient (Wildman–Crippen LogP) is 1.20. The summed E-state index contributed by atoms with van der Waals surface area (Å²) in [6, 6.07) is 5.06. The second-order valence-electron chi connectivity index (χ2n) is 5.44. The summed E-state index contributed by atoms with van der Waals surface area (Å²) in [7, 11) is -3.55. The van der Waals surface area contributed by atoms with Crippen molar-refractivity contribution >= 4 is 16.0 Å². The van der Waals surface area contributed by atoms with Gasteiger partial charge in [-0.1, -0.05) is 6.07 Å². The molecule has 2 aliphatic rings. The van der Waals surface area contributed by atoms with Gasteiger partial charge in [0.05, 0.1) is 24.0 Å². The van der Waals surface area contributed by atoms with E-state index in [-0.39, 0.29) is 18.0 Å². The first-order chi connectivity index (χ1) is 9.98. The van der Waals surface area contributed by atoms with E-state index in [2.05, 4.69) is 0 Å². The fourth-order valence-corrected chi connectivity index (χ4v) is 4.32. The number of carboxylic acids is 1. The van der Waals surface area contributed by atoms with Crippen LogP contribution in [0.5, 0.6) is 0 Å². The summed E-state index contributed by atoms with van der Waals surface area (Å²) in [5.74, 6) is -1.29. The predicted molar refractivity (Wildman–Crippen MR) is 74.1 cm³/mol. The molecule has 0 aromatic heterocycles. The van der Waals surface area contributed by atoms with Crippen LogP contribution in [0.4, 0.5) is 0 Å². The molecule has 2 heterocycles. The van der Waals surface area contributed by atoms with E-state index in [1.165, 1.54) is 4.31 Å². The maximum atomic E-state index is 12.6. The molecule has 6 nitrogen and oxygen atoms in total. The molecule has 0 radical (unpaired) electrons. The Morgan fingerprint density at radius 1 is 1.19 bits per heavy atom. The minimum atomic E-state index is -3.55. The molecule has 7 heteroatoms. The number of fused-ring (bicyclic) bond motifs is 1. The number of ether oxygens (including phenoxy) is 1. The van der Waals surface area contributed by atoms with Gasteiger partial charge in [0.1, 0.15) is 0 Å². The van der Waals surface area contributed by atoms with Crippen LogP contribution in [0.1, 0.15) is 24.0 Å². The average Bonchev–Trinajstić information content (AvgIpc) is 2.94. The minimum absolute atomic E-state index is 0.257. The van der Waals surface area contributed by atoms with Crippen molar-refractivity contribution in [3.8, 4) is 0 Å². The van der Waals surface area contributed by atoms with E-state index in [0.717, 1.165) is 11.1 Å². The second kappa shape index (κ2) is 5.40. The van der Waals surface area contributed by atoms with E-state index >= 15 is 0 Å². The zero-order valence-corrected chi connectivity index (χ0v) is 12.3. The van der Waals surface area contributed by atoms with E-state index in [1.54, 1.807) is 18.2 Å². The van der Waals surface area contributed by atoms with Gasteiger partial charge in [-0.05, 0) is 36.1 Å².